The maximum absolute atomic E-state index is 8.93. The first-order valence-electron chi connectivity index (χ1n) is 6.03. The first-order valence-corrected chi connectivity index (χ1v) is 7.01. The second-order valence-corrected chi connectivity index (χ2v) is 5.37. The minimum absolute atomic E-state index is 0.0604. The van der Waals surface area contributed by atoms with Gasteiger partial charge in [0.2, 0.25) is 0 Å². The average Bonchev–Trinajstić information content (AvgIpc) is 2.35. The number of hydrogen-bond acceptors (Lipinski definition) is 3. The molecule has 0 aromatic heterocycles. The average molecular weight is 248 g/mol. The molecule has 2 nitrogen and oxygen atoms in total. The second kappa shape index (κ2) is 7.37. The highest BCUT2D eigenvalue weighted by molar-refractivity contribution is 7.99. The summed E-state index contributed by atoms with van der Waals surface area (Å²) in [5.41, 5.74) is 1.36. The van der Waals surface area contributed by atoms with E-state index in [4.69, 9.17) is 5.26 Å². The molecule has 1 rings (SSSR count). The van der Waals surface area contributed by atoms with Gasteiger partial charge in [-0.3, -0.25) is 0 Å². The quantitative estimate of drug-likeness (QED) is 0.784. The minimum Gasteiger partial charge on any atom is -0.302 e. The number of hydrogen-bond donors (Lipinski definition) is 1. The Morgan fingerprint density at radius 2 is 1.94 bits per heavy atom. The maximum atomic E-state index is 8.93. The molecule has 0 bridgehead atoms. The topological polar surface area (TPSA) is 35.8 Å². The van der Waals surface area contributed by atoms with Crippen LogP contribution >= 0.6 is 11.8 Å². The van der Waals surface area contributed by atoms with Crippen molar-refractivity contribution < 1.29 is 0 Å². The molecular weight excluding hydrogens is 228 g/mol. The molecule has 0 saturated carbocycles. The molecule has 0 aliphatic rings. The molecule has 1 atom stereocenters. The Balaban J connectivity index is 2.49. The standard InChI is InChI=1S/C14H20N2S/c1-4-16-13(9-15)10-17-14-7-5-12(6-8-14)11(2)3/h5-8,11,13,16H,4,10H2,1-3H3. The van der Waals surface area contributed by atoms with Crippen molar-refractivity contribution >= 4 is 11.8 Å². The highest BCUT2D eigenvalue weighted by Gasteiger charge is 2.06. The molecule has 1 unspecified atom stereocenters. The van der Waals surface area contributed by atoms with E-state index >= 15 is 0 Å². The molecule has 0 aliphatic heterocycles. The number of rotatable bonds is 6. The Labute approximate surface area is 108 Å². The van der Waals surface area contributed by atoms with E-state index < -0.39 is 0 Å². The summed E-state index contributed by atoms with van der Waals surface area (Å²) in [4.78, 5) is 1.23. The van der Waals surface area contributed by atoms with Gasteiger partial charge in [0, 0.05) is 10.6 Å². The van der Waals surface area contributed by atoms with Gasteiger partial charge < -0.3 is 5.32 Å². The Morgan fingerprint density at radius 3 is 2.41 bits per heavy atom. The zero-order chi connectivity index (χ0) is 12.7. The summed E-state index contributed by atoms with van der Waals surface area (Å²) in [7, 11) is 0. The van der Waals surface area contributed by atoms with Crippen molar-refractivity contribution in [3.05, 3.63) is 29.8 Å². The zero-order valence-corrected chi connectivity index (χ0v) is 11.6. The predicted octanol–water partition coefficient (Wildman–Crippen LogP) is 3.40. The van der Waals surface area contributed by atoms with E-state index in [1.807, 2.05) is 6.92 Å². The van der Waals surface area contributed by atoms with Crippen LogP contribution in [0.5, 0.6) is 0 Å². The molecule has 92 valence electrons. The third kappa shape index (κ3) is 4.80. The molecule has 1 N–H and O–H groups in total. The summed E-state index contributed by atoms with van der Waals surface area (Å²) in [5, 5.41) is 12.1. The van der Waals surface area contributed by atoms with Crippen LogP contribution in [0.3, 0.4) is 0 Å². The molecule has 17 heavy (non-hydrogen) atoms. The van der Waals surface area contributed by atoms with E-state index in [0.717, 1.165) is 12.3 Å². The maximum Gasteiger partial charge on any atom is 0.105 e. The summed E-state index contributed by atoms with van der Waals surface area (Å²) in [6, 6.07) is 10.8. The first-order chi connectivity index (χ1) is 8.17. The van der Waals surface area contributed by atoms with Crippen LogP contribution in [0.25, 0.3) is 0 Å². The Hall–Kier alpha value is -0.980. The fourth-order valence-electron chi connectivity index (χ4n) is 1.52. The number of benzene rings is 1. The Morgan fingerprint density at radius 1 is 1.29 bits per heavy atom. The lowest BCUT2D eigenvalue weighted by Gasteiger charge is -2.10. The lowest BCUT2D eigenvalue weighted by atomic mass is 10.0. The van der Waals surface area contributed by atoms with Crippen LogP contribution in [-0.2, 0) is 0 Å². The molecule has 0 fully saturated rings. The van der Waals surface area contributed by atoms with E-state index in [-0.39, 0.29) is 6.04 Å². The zero-order valence-electron chi connectivity index (χ0n) is 10.7. The summed E-state index contributed by atoms with van der Waals surface area (Å²) in [5.74, 6) is 1.37. The van der Waals surface area contributed by atoms with Gasteiger partial charge in [-0.05, 0) is 30.2 Å². The van der Waals surface area contributed by atoms with Crippen molar-refractivity contribution in [1.82, 2.24) is 5.32 Å². The molecule has 0 radical (unpaired) electrons. The van der Waals surface area contributed by atoms with Crippen LogP contribution in [0.15, 0.2) is 29.2 Å². The molecule has 1 aromatic rings. The van der Waals surface area contributed by atoms with Crippen molar-refractivity contribution in [3.8, 4) is 6.07 Å². The highest BCUT2D eigenvalue weighted by Crippen LogP contribution is 2.22. The Bertz CT molecular complexity index is 365. The summed E-state index contributed by atoms with van der Waals surface area (Å²) in [6.45, 7) is 7.25. The normalized spacial score (nSPS) is 12.4. The summed E-state index contributed by atoms with van der Waals surface area (Å²) < 4.78 is 0. The Kier molecular flexibility index (Phi) is 6.10. The molecule has 3 heteroatoms. The fraction of sp³-hybridized carbons (Fsp3) is 0.500. The van der Waals surface area contributed by atoms with Crippen LogP contribution in [0.2, 0.25) is 0 Å². The molecule has 1 aromatic carbocycles. The number of nitrogens with one attached hydrogen (secondary N) is 1. The van der Waals surface area contributed by atoms with Gasteiger partial charge in [-0.15, -0.1) is 11.8 Å². The molecular formula is C14H20N2S. The van der Waals surface area contributed by atoms with Crippen LogP contribution < -0.4 is 5.32 Å². The monoisotopic (exact) mass is 248 g/mol. The van der Waals surface area contributed by atoms with E-state index in [9.17, 15) is 0 Å². The number of nitriles is 1. The molecule has 0 heterocycles. The van der Waals surface area contributed by atoms with Crippen molar-refractivity contribution in [2.45, 2.75) is 37.6 Å². The third-order valence-electron chi connectivity index (χ3n) is 2.57. The lowest BCUT2D eigenvalue weighted by Crippen LogP contribution is -2.29. The van der Waals surface area contributed by atoms with Crippen molar-refractivity contribution in [1.29, 1.82) is 5.26 Å². The van der Waals surface area contributed by atoms with Crippen LogP contribution in [0.1, 0.15) is 32.3 Å². The number of nitrogens with zero attached hydrogens (tertiary/aromatic N) is 1. The van der Waals surface area contributed by atoms with Gasteiger partial charge in [-0.1, -0.05) is 32.9 Å². The molecule has 0 saturated heterocycles. The largest absolute Gasteiger partial charge is 0.302 e. The van der Waals surface area contributed by atoms with E-state index in [2.05, 4.69) is 49.5 Å². The minimum atomic E-state index is -0.0604. The van der Waals surface area contributed by atoms with Gasteiger partial charge in [-0.25, -0.2) is 0 Å². The van der Waals surface area contributed by atoms with Gasteiger partial charge in [0.25, 0.3) is 0 Å². The van der Waals surface area contributed by atoms with Crippen molar-refractivity contribution in [2.24, 2.45) is 0 Å². The molecule has 0 amide bonds. The molecule has 0 aliphatic carbocycles. The molecule has 0 spiro atoms. The second-order valence-electron chi connectivity index (χ2n) is 4.27. The van der Waals surface area contributed by atoms with Crippen molar-refractivity contribution in [2.75, 3.05) is 12.3 Å². The van der Waals surface area contributed by atoms with Crippen LogP contribution in [-0.4, -0.2) is 18.3 Å². The van der Waals surface area contributed by atoms with E-state index in [1.165, 1.54) is 10.5 Å². The summed E-state index contributed by atoms with van der Waals surface area (Å²) >= 11 is 1.73. The predicted molar refractivity (Wildman–Crippen MR) is 74.3 cm³/mol. The van der Waals surface area contributed by atoms with Gasteiger partial charge in [0.15, 0.2) is 0 Å². The summed E-state index contributed by atoms with van der Waals surface area (Å²) in [6.07, 6.45) is 0. The van der Waals surface area contributed by atoms with Gasteiger partial charge in [0.05, 0.1) is 6.07 Å². The smallest absolute Gasteiger partial charge is 0.105 e. The van der Waals surface area contributed by atoms with Crippen LogP contribution in [0, 0.1) is 11.3 Å². The highest BCUT2D eigenvalue weighted by atomic mass is 32.2. The van der Waals surface area contributed by atoms with Gasteiger partial charge in [-0.2, -0.15) is 5.26 Å². The first kappa shape index (κ1) is 14.1. The van der Waals surface area contributed by atoms with Gasteiger partial charge in [0.1, 0.15) is 6.04 Å². The van der Waals surface area contributed by atoms with E-state index in [0.29, 0.717) is 5.92 Å². The third-order valence-corrected chi connectivity index (χ3v) is 3.68. The SMILES string of the molecule is CCNC(C#N)CSc1ccc(C(C)C)cc1. The van der Waals surface area contributed by atoms with Crippen molar-refractivity contribution in [3.63, 3.8) is 0 Å². The van der Waals surface area contributed by atoms with E-state index in [1.54, 1.807) is 11.8 Å². The fourth-order valence-corrected chi connectivity index (χ4v) is 2.40. The number of thioether (sulfide) groups is 1. The lowest BCUT2D eigenvalue weighted by molar-refractivity contribution is 0.677. The van der Waals surface area contributed by atoms with Gasteiger partial charge >= 0.3 is 0 Å². The van der Waals surface area contributed by atoms with Crippen LogP contribution in [0.4, 0.5) is 0 Å².